The summed E-state index contributed by atoms with van der Waals surface area (Å²) in [5.74, 6) is 4.59. The van der Waals surface area contributed by atoms with E-state index < -0.39 is 12.3 Å². The number of alkyl halides is 2. The lowest BCUT2D eigenvalue weighted by Gasteiger charge is -2.42. The van der Waals surface area contributed by atoms with Gasteiger partial charge in [0.15, 0.2) is 0 Å². The summed E-state index contributed by atoms with van der Waals surface area (Å²) in [6.07, 6.45) is 13.5. The molecule has 0 aromatic carbocycles. The van der Waals surface area contributed by atoms with Gasteiger partial charge in [-0.25, -0.2) is 8.78 Å². The molecule has 3 saturated carbocycles. The van der Waals surface area contributed by atoms with Crippen molar-refractivity contribution in [3.63, 3.8) is 0 Å². The van der Waals surface area contributed by atoms with Gasteiger partial charge in [0.05, 0.1) is 0 Å². The van der Waals surface area contributed by atoms with E-state index in [9.17, 15) is 8.78 Å². The predicted octanol–water partition coefficient (Wildman–Crippen LogP) is 7.20. The van der Waals surface area contributed by atoms with E-state index in [1.165, 1.54) is 50.9 Å². The Balaban J connectivity index is 1.43. The maximum atomic E-state index is 14.5. The van der Waals surface area contributed by atoms with Gasteiger partial charge in [-0.1, -0.05) is 13.0 Å². The van der Waals surface area contributed by atoms with E-state index in [1.54, 1.807) is 5.92 Å². The highest BCUT2D eigenvalue weighted by Crippen LogP contribution is 2.48. The molecule has 0 nitrogen and oxygen atoms in total. The van der Waals surface area contributed by atoms with E-state index in [0.717, 1.165) is 43.9 Å². The van der Waals surface area contributed by atoms with Crippen molar-refractivity contribution in [1.82, 2.24) is 0 Å². The lowest BCUT2D eigenvalue weighted by molar-refractivity contribution is 0.0287. The normalized spacial score (nSPS) is 37.2. The van der Waals surface area contributed by atoms with Crippen molar-refractivity contribution in [1.29, 1.82) is 0 Å². The van der Waals surface area contributed by atoms with Gasteiger partial charge in [-0.3, -0.25) is 0 Å². The van der Waals surface area contributed by atoms with Crippen molar-refractivity contribution in [2.75, 3.05) is 0 Å². The first kappa shape index (κ1) is 19.4. The van der Waals surface area contributed by atoms with E-state index in [2.05, 4.69) is 6.58 Å². The molecule has 4 atom stereocenters. The minimum Gasteiger partial charge on any atom is -0.244 e. The van der Waals surface area contributed by atoms with Crippen molar-refractivity contribution < 1.29 is 8.78 Å². The first-order valence-electron chi connectivity index (χ1n) is 10.7. The quantitative estimate of drug-likeness (QED) is 0.460. The second-order valence-electron chi connectivity index (χ2n) is 8.95. The monoisotopic (exact) mass is 350 g/mol. The Morgan fingerprint density at radius 2 is 1.52 bits per heavy atom. The van der Waals surface area contributed by atoms with Crippen molar-refractivity contribution >= 4 is 0 Å². The average Bonchev–Trinajstić information content (AvgIpc) is 2.65. The molecule has 3 fully saturated rings. The van der Waals surface area contributed by atoms with Crippen LogP contribution in [0.1, 0.15) is 84.0 Å². The lowest BCUT2D eigenvalue weighted by atomic mass is 9.64. The van der Waals surface area contributed by atoms with Gasteiger partial charge < -0.3 is 0 Å². The minimum absolute atomic E-state index is 0.0909. The highest BCUT2D eigenvalue weighted by molar-refractivity contribution is 5.10. The lowest BCUT2D eigenvalue weighted by Crippen LogP contribution is -2.40. The molecule has 142 valence electrons. The molecule has 3 aliphatic rings. The number of allylic oxidation sites excluding steroid dienone is 1. The molecular formula is C23H36F2. The van der Waals surface area contributed by atoms with Crippen LogP contribution in [0.5, 0.6) is 0 Å². The zero-order valence-electron chi connectivity index (χ0n) is 16.0. The zero-order valence-corrected chi connectivity index (χ0v) is 16.0. The molecule has 0 aliphatic heterocycles. The standard InChI is InChI=1S/C23H36F2/c1-3-4-5-17-7-9-18(10-8-17)19-11-13-20(14-12-19)21-15-6-16(2)22(24)23(21)25/h3,16-17,19,21-23H,1,4-15H2,2H3. The fourth-order valence-corrected chi connectivity index (χ4v) is 5.59. The van der Waals surface area contributed by atoms with Crippen molar-refractivity contribution in [2.24, 2.45) is 23.7 Å². The van der Waals surface area contributed by atoms with Crippen LogP contribution in [0.4, 0.5) is 8.78 Å². The molecule has 0 N–H and O–H groups in total. The summed E-state index contributed by atoms with van der Waals surface area (Å²) in [6.45, 7) is 5.69. The fraction of sp³-hybridized carbons (Fsp3) is 0.826. The highest BCUT2D eigenvalue weighted by Gasteiger charge is 2.43. The Kier molecular flexibility index (Phi) is 6.97. The highest BCUT2D eigenvalue weighted by atomic mass is 19.2. The average molecular weight is 351 g/mol. The van der Waals surface area contributed by atoms with E-state index >= 15 is 0 Å². The predicted molar refractivity (Wildman–Crippen MR) is 102 cm³/mol. The summed E-state index contributed by atoms with van der Waals surface area (Å²) in [4.78, 5) is 0. The maximum absolute atomic E-state index is 14.5. The van der Waals surface area contributed by atoms with Crippen LogP contribution in [-0.4, -0.2) is 12.3 Å². The molecule has 0 aromatic heterocycles. The molecule has 25 heavy (non-hydrogen) atoms. The van der Waals surface area contributed by atoms with Crippen LogP contribution in [-0.2, 0) is 0 Å². The van der Waals surface area contributed by atoms with Crippen LogP contribution in [0, 0.1) is 35.5 Å². The number of hydrogen-bond donors (Lipinski definition) is 0. The molecule has 2 heteroatoms. The summed E-state index contributed by atoms with van der Waals surface area (Å²) in [7, 11) is 0. The van der Waals surface area contributed by atoms with Gasteiger partial charge in [-0.2, -0.15) is 0 Å². The molecule has 0 spiro atoms. The van der Waals surface area contributed by atoms with Gasteiger partial charge in [0.1, 0.15) is 12.3 Å². The van der Waals surface area contributed by atoms with Gasteiger partial charge in [-0.05, 0) is 113 Å². The molecule has 0 amide bonds. The summed E-state index contributed by atoms with van der Waals surface area (Å²) < 4.78 is 28.5. The van der Waals surface area contributed by atoms with Crippen LogP contribution in [0.3, 0.4) is 0 Å². The molecule has 0 bridgehead atoms. The third-order valence-corrected chi connectivity index (χ3v) is 7.42. The summed E-state index contributed by atoms with van der Waals surface area (Å²) in [5, 5.41) is 0. The Morgan fingerprint density at radius 1 is 0.880 bits per heavy atom. The Morgan fingerprint density at radius 3 is 2.16 bits per heavy atom. The zero-order chi connectivity index (χ0) is 17.8. The smallest absolute Gasteiger partial charge is 0.135 e. The van der Waals surface area contributed by atoms with Gasteiger partial charge in [0, 0.05) is 0 Å². The molecule has 0 saturated heterocycles. The van der Waals surface area contributed by atoms with Crippen LogP contribution in [0.25, 0.3) is 0 Å². The molecule has 0 heterocycles. The van der Waals surface area contributed by atoms with Crippen LogP contribution < -0.4 is 0 Å². The SMILES string of the molecule is C=CCCC1CC[C](C2CC[C](C3CCC(C)C(F)C3F)CC2)CC1. The van der Waals surface area contributed by atoms with Gasteiger partial charge in [0.2, 0.25) is 0 Å². The number of rotatable bonds is 5. The molecule has 0 aromatic rings. The molecule has 3 aliphatic carbocycles. The Hall–Kier alpha value is -0.400. The molecule has 3 rings (SSSR count). The molecular weight excluding hydrogens is 314 g/mol. The molecule has 4 unspecified atom stereocenters. The summed E-state index contributed by atoms with van der Waals surface area (Å²) in [6, 6.07) is 0. The largest absolute Gasteiger partial charge is 0.244 e. The molecule has 2 radical (unpaired) electrons. The Labute approximate surface area is 153 Å². The minimum atomic E-state index is -1.25. The first-order chi connectivity index (χ1) is 12.1. The van der Waals surface area contributed by atoms with Gasteiger partial charge >= 0.3 is 0 Å². The maximum Gasteiger partial charge on any atom is 0.135 e. The van der Waals surface area contributed by atoms with E-state index in [0.29, 0.717) is 0 Å². The second kappa shape index (κ2) is 9.00. The van der Waals surface area contributed by atoms with Crippen LogP contribution in [0.15, 0.2) is 12.7 Å². The van der Waals surface area contributed by atoms with Gasteiger partial charge in [0.25, 0.3) is 0 Å². The van der Waals surface area contributed by atoms with E-state index in [4.69, 9.17) is 0 Å². The third-order valence-electron chi connectivity index (χ3n) is 7.42. The summed E-state index contributed by atoms with van der Waals surface area (Å²) in [5.41, 5.74) is 0. The van der Waals surface area contributed by atoms with Gasteiger partial charge in [-0.15, -0.1) is 6.58 Å². The second-order valence-corrected chi connectivity index (χ2v) is 8.95. The number of hydrogen-bond acceptors (Lipinski definition) is 0. The van der Waals surface area contributed by atoms with E-state index in [1.807, 2.05) is 13.0 Å². The third kappa shape index (κ3) is 4.66. The number of halogens is 2. The Bertz CT molecular complexity index is 404. The van der Waals surface area contributed by atoms with Crippen LogP contribution in [0.2, 0.25) is 0 Å². The van der Waals surface area contributed by atoms with Crippen molar-refractivity contribution in [2.45, 2.75) is 96.3 Å². The van der Waals surface area contributed by atoms with Crippen molar-refractivity contribution in [3.05, 3.63) is 24.5 Å². The summed E-state index contributed by atoms with van der Waals surface area (Å²) >= 11 is 0. The van der Waals surface area contributed by atoms with Crippen LogP contribution >= 0.6 is 0 Å². The first-order valence-corrected chi connectivity index (χ1v) is 10.7. The fourth-order valence-electron chi connectivity index (χ4n) is 5.59. The van der Waals surface area contributed by atoms with Crippen molar-refractivity contribution in [3.8, 4) is 0 Å². The topological polar surface area (TPSA) is 0 Å². The van der Waals surface area contributed by atoms with E-state index in [-0.39, 0.29) is 11.8 Å².